The first kappa shape index (κ1) is 15.8. The highest BCUT2D eigenvalue weighted by molar-refractivity contribution is 6.30. The van der Waals surface area contributed by atoms with E-state index in [0.29, 0.717) is 23.8 Å². The van der Waals surface area contributed by atoms with Gasteiger partial charge in [0.2, 0.25) is 0 Å². The van der Waals surface area contributed by atoms with E-state index >= 15 is 0 Å². The van der Waals surface area contributed by atoms with E-state index in [1.54, 1.807) is 12.1 Å². The van der Waals surface area contributed by atoms with Gasteiger partial charge in [-0.1, -0.05) is 54.1 Å². The van der Waals surface area contributed by atoms with Gasteiger partial charge in [-0.25, -0.2) is 4.39 Å². The molecule has 24 heavy (non-hydrogen) atoms. The standard InChI is InChI=1S/C20H19ClFNO/c21-16-6-7-19(20(22)10-16)15-8-17-12-24-13-18(9-15)23(17)11-14-4-2-1-3-5-14/h1-8,10,17-18H,9,11-13H2. The van der Waals surface area contributed by atoms with Crippen LogP contribution in [0.3, 0.4) is 0 Å². The summed E-state index contributed by atoms with van der Waals surface area (Å²) in [6.07, 6.45) is 2.95. The third-order valence-electron chi connectivity index (χ3n) is 4.83. The van der Waals surface area contributed by atoms with Gasteiger partial charge in [0.15, 0.2) is 0 Å². The number of halogens is 2. The zero-order chi connectivity index (χ0) is 16.5. The Kier molecular flexibility index (Phi) is 4.40. The van der Waals surface area contributed by atoms with Gasteiger partial charge in [-0.2, -0.15) is 0 Å². The second-order valence-electron chi connectivity index (χ2n) is 6.44. The molecule has 124 valence electrons. The van der Waals surface area contributed by atoms with Crippen LogP contribution in [0.1, 0.15) is 17.5 Å². The molecule has 2 aromatic rings. The first-order valence-electron chi connectivity index (χ1n) is 8.24. The van der Waals surface area contributed by atoms with Gasteiger partial charge in [0.05, 0.1) is 19.3 Å². The predicted octanol–water partition coefficient (Wildman–Crippen LogP) is 4.54. The van der Waals surface area contributed by atoms with Gasteiger partial charge >= 0.3 is 0 Å². The van der Waals surface area contributed by atoms with Crippen LogP contribution < -0.4 is 0 Å². The van der Waals surface area contributed by atoms with E-state index < -0.39 is 0 Å². The largest absolute Gasteiger partial charge is 0.378 e. The normalized spacial score (nSPS) is 23.8. The third-order valence-corrected chi connectivity index (χ3v) is 5.06. The van der Waals surface area contributed by atoms with E-state index in [1.165, 1.54) is 11.6 Å². The highest BCUT2D eigenvalue weighted by atomic mass is 35.5. The Morgan fingerprint density at radius 2 is 1.96 bits per heavy atom. The Morgan fingerprint density at radius 3 is 2.71 bits per heavy atom. The molecule has 4 heteroatoms. The molecule has 2 aromatic carbocycles. The Hall–Kier alpha value is -1.68. The summed E-state index contributed by atoms with van der Waals surface area (Å²) >= 11 is 5.88. The van der Waals surface area contributed by atoms with Gasteiger partial charge in [0.25, 0.3) is 0 Å². The van der Waals surface area contributed by atoms with Crippen LogP contribution in [0.25, 0.3) is 5.57 Å². The van der Waals surface area contributed by atoms with Crippen molar-refractivity contribution in [3.63, 3.8) is 0 Å². The van der Waals surface area contributed by atoms with Crippen LogP contribution >= 0.6 is 11.6 Å². The minimum Gasteiger partial charge on any atom is -0.378 e. The highest BCUT2D eigenvalue weighted by Gasteiger charge is 2.35. The van der Waals surface area contributed by atoms with Gasteiger partial charge in [0, 0.05) is 23.2 Å². The van der Waals surface area contributed by atoms with Crippen molar-refractivity contribution in [2.24, 2.45) is 0 Å². The topological polar surface area (TPSA) is 12.5 Å². The summed E-state index contributed by atoms with van der Waals surface area (Å²) in [5.74, 6) is -0.246. The van der Waals surface area contributed by atoms with Crippen LogP contribution in [-0.4, -0.2) is 30.2 Å². The molecule has 2 nitrogen and oxygen atoms in total. The van der Waals surface area contributed by atoms with Crippen molar-refractivity contribution in [2.75, 3.05) is 13.2 Å². The van der Waals surface area contributed by atoms with Crippen LogP contribution in [-0.2, 0) is 11.3 Å². The first-order valence-corrected chi connectivity index (χ1v) is 8.62. The fourth-order valence-electron chi connectivity index (χ4n) is 3.65. The second-order valence-corrected chi connectivity index (χ2v) is 6.87. The average molecular weight is 344 g/mol. The maximum Gasteiger partial charge on any atom is 0.132 e. The lowest BCUT2D eigenvalue weighted by Gasteiger charge is -2.44. The van der Waals surface area contributed by atoms with Gasteiger partial charge in [0.1, 0.15) is 5.82 Å². The number of hydrogen-bond acceptors (Lipinski definition) is 2. The molecule has 2 aliphatic rings. The molecule has 0 amide bonds. The molecule has 1 fully saturated rings. The summed E-state index contributed by atoms with van der Waals surface area (Å²) in [7, 11) is 0. The van der Waals surface area contributed by atoms with Crippen molar-refractivity contribution < 1.29 is 9.13 Å². The summed E-state index contributed by atoms with van der Waals surface area (Å²) in [6, 6.07) is 15.8. The van der Waals surface area contributed by atoms with Gasteiger partial charge in [-0.05, 0) is 29.7 Å². The molecule has 4 rings (SSSR count). The van der Waals surface area contributed by atoms with Gasteiger partial charge in [-0.3, -0.25) is 4.90 Å². The maximum absolute atomic E-state index is 14.3. The minimum absolute atomic E-state index is 0.183. The van der Waals surface area contributed by atoms with E-state index in [2.05, 4.69) is 35.2 Å². The van der Waals surface area contributed by atoms with Crippen LogP contribution in [0, 0.1) is 5.82 Å². The first-order chi connectivity index (χ1) is 11.7. The minimum atomic E-state index is -0.246. The molecule has 2 aliphatic heterocycles. The zero-order valence-corrected chi connectivity index (χ0v) is 14.0. The van der Waals surface area contributed by atoms with Crippen LogP contribution in [0.2, 0.25) is 5.02 Å². The number of rotatable bonds is 3. The maximum atomic E-state index is 14.3. The summed E-state index contributed by atoms with van der Waals surface area (Å²) in [5.41, 5.74) is 3.02. The van der Waals surface area contributed by atoms with Crippen molar-refractivity contribution >= 4 is 17.2 Å². The van der Waals surface area contributed by atoms with Crippen LogP contribution in [0.4, 0.5) is 4.39 Å². The number of ether oxygens (including phenoxy) is 1. The lowest BCUT2D eigenvalue weighted by molar-refractivity contribution is -0.0403. The lowest BCUT2D eigenvalue weighted by Crippen LogP contribution is -2.53. The summed E-state index contributed by atoms with van der Waals surface area (Å²) in [5, 5.41) is 0.432. The Balaban J connectivity index is 1.62. The Morgan fingerprint density at radius 1 is 1.12 bits per heavy atom. The number of hydrogen-bond donors (Lipinski definition) is 0. The van der Waals surface area contributed by atoms with E-state index in [0.717, 1.165) is 18.5 Å². The van der Waals surface area contributed by atoms with Gasteiger partial charge < -0.3 is 4.74 Å². The highest BCUT2D eigenvalue weighted by Crippen LogP contribution is 2.35. The molecule has 2 heterocycles. The van der Waals surface area contributed by atoms with Crippen LogP contribution in [0.5, 0.6) is 0 Å². The molecule has 0 aromatic heterocycles. The van der Waals surface area contributed by atoms with Crippen molar-refractivity contribution in [1.82, 2.24) is 4.90 Å². The fraction of sp³-hybridized carbons (Fsp3) is 0.300. The average Bonchev–Trinajstić information content (AvgIpc) is 2.56. The molecular weight excluding hydrogens is 325 g/mol. The van der Waals surface area contributed by atoms with Crippen molar-refractivity contribution in [3.8, 4) is 0 Å². The van der Waals surface area contributed by atoms with Crippen molar-refractivity contribution in [2.45, 2.75) is 25.0 Å². The molecule has 0 aliphatic carbocycles. The number of morpholine rings is 1. The summed E-state index contributed by atoms with van der Waals surface area (Å²) < 4.78 is 20.0. The number of nitrogens with zero attached hydrogens (tertiary/aromatic N) is 1. The zero-order valence-electron chi connectivity index (χ0n) is 13.3. The monoisotopic (exact) mass is 343 g/mol. The molecule has 0 radical (unpaired) electrons. The quantitative estimate of drug-likeness (QED) is 0.811. The van der Waals surface area contributed by atoms with Crippen molar-refractivity contribution in [3.05, 3.63) is 76.6 Å². The molecule has 1 saturated heterocycles. The molecule has 0 saturated carbocycles. The number of benzene rings is 2. The summed E-state index contributed by atoms with van der Waals surface area (Å²) in [6.45, 7) is 2.24. The van der Waals surface area contributed by atoms with E-state index in [1.807, 2.05) is 6.07 Å². The molecule has 2 unspecified atom stereocenters. The van der Waals surface area contributed by atoms with Crippen LogP contribution in [0.15, 0.2) is 54.6 Å². The molecule has 2 atom stereocenters. The number of fused-ring (bicyclic) bond motifs is 2. The fourth-order valence-corrected chi connectivity index (χ4v) is 3.81. The second kappa shape index (κ2) is 6.67. The van der Waals surface area contributed by atoms with E-state index in [9.17, 15) is 4.39 Å². The molecule has 2 bridgehead atoms. The molecular formula is C20H19ClFNO. The third kappa shape index (κ3) is 3.12. The summed E-state index contributed by atoms with van der Waals surface area (Å²) in [4.78, 5) is 2.47. The SMILES string of the molecule is Fc1cc(Cl)ccc1C1=CC2COCC(C1)N2Cc1ccccc1. The van der Waals surface area contributed by atoms with Crippen molar-refractivity contribution in [1.29, 1.82) is 0 Å². The van der Waals surface area contributed by atoms with E-state index in [-0.39, 0.29) is 17.9 Å². The Bertz CT molecular complexity index is 761. The lowest BCUT2D eigenvalue weighted by atomic mass is 9.89. The van der Waals surface area contributed by atoms with E-state index in [4.69, 9.17) is 16.3 Å². The predicted molar refractivity (Wildman–Crippen MR) is 94.4 cm³/mol. The smallest absolute Gasteiger partial charge is 0.132 e. The Labute approximate surface area is 146 Å². The molecule has 0 spiro atoms. The van der Waals surface area contributed by atoms with Gasteiger partial charge in [-0.15, -0.1) is 0 Å². The molecule has 0 N–H and O–H groups in total.